The van der Waals surface area contributed by atoms with Crippen molar-refractivity contribution in [3.8, 4) is 46.0 Å². The molecule has 0 aliphatic heterocycles. The van der Waals surface area contributed by atoms with Crippen LogP contribution in [0.25, 0.3) is 0 Å². The Morgan fingerprint density at radius 2 is 0.812 bits per heavy atom. The second-order valence-corrected chi connectivity index (χ2v) is 14.1. The van der Waals surface area contributed by atoms with Gasteiger partial charge in [0, 0.05) is 18.7 Å². The molecule has 0 aromatic heterocycles. The van der Waals surface area contributed by atoms with Crippen LogP contribution in [0.2, 0.25) is 0 Å². The van der Waals surface area contributed by atoms with E-state index in [4.69, 9.17) is 20.4 Å². The highest BCUT2D eigenvalue weighted by Gasteiger charge is 2.06. The van der Waals surface area contributed by atoms with Crippen LogP contribution in [0.3, 0.4) is 0 Å². The Hall–Kier alpha value is -7.56. The minimum Gasteiger partial charge on any atom is -0.504 e. The van der Waals surface area contributed by atoms with Crippen LogP contribution in [-0.2, 0) is 44.9 Å². The minimum absolute atomic E-state index is 0.00134. The number of benzene rings is 4. The molecule has 12 N–H and O–H groups in total. The van der Waals surface area contributed by atoms with Crippen molar-refractivity contribution in [1.29, 1.82) is 0 Å². The first-order valence-electron chi connectivity index (χ1n) is 19.9. The Bertz CT molecular complexity index is 2220. The molecule has 0 aliphatic carbocycles. The highest BCUT2D eigenvalue weighted by Crippen LogP contribution is 2.27. The second kappa shape index (κ2) is 29.7. The van der Waals surface area contributed by atoms with Crippen molar-refractivity contribution in [3.63, 3.8) is 0 Å². The molecule has 4 aromatic carbocycles. The van der Waals surface area contributed by atoms with Gasteiger partial charge < -0.3 is 62.1 Å². The maximum Gasteiger partial charge on any atom is 0.246 e. The molecule has 0 bridgehead atoms. The lowest BCUT2D eigenvalue weighted by Gasteiger charge is -2.05. The smallest absolute Gasteiger partial charge is 0.246 e. The van der Waals surface area contributed by atoms with Gasteiger partial charge in [0.2, 0.25) is 11.8 Å². The Kier molecular flexibility index (Phi) is 25.2. The third kappa shape index (κ3) is 22.9. The summed E-state index contributed by atoms with van der Waals surface area (Å²) in [6.07, 6.45) is 5.02. The molecule has 0 unspecified atom stereocenters. The van der Waals surface area contributed by atoms with Gasteiger partial charge in [-0.15, -0.1) is 0 Å². The Balaban J connectivity index is 0.000000427. The van der Waals surface area contributed by atoms with Crippen LogP contribution in [-0.4, -0.2) is 104 Å². The van der Waals surface area contributed by atoms with Gasteiger partial charge in [0.05, 0.1) is 13.1 Å². The van der Waals surface area contributed by atoms with E-state index >= 15 is 0 Å². The number of phenols is 8. The number of nitrogens with one attached hydrogen (secondary N) is 4. The van der Waals surface area contributed by atoms with E-state index < -0.39 is 0 Å². The number of hydrogen-bond acceptors (Lipinski definition) is 14. The monoisotopic (exact) mass is 884 g/mol. The summed E-state index contributed by atoms with van der Waals surface area (Å²) in [7, 11) is 0. The standard InChI is InChI=1S/C13H17NO3.2C12H15NO3.C11H13NO3/c1-9(2)13(17)8-14-6-5-10-3-4-11(15)12(16)7-10;1-8(2)12(16)13-6-5-9-3-4-10(14)11(15)7-9;1-2-10(14)8-13-6-5-9-3-4-11(15)12(16)7-9;1-2-11(15)12-6-5-8-3-4-9(13)10(14)7-8/h3-4,7,14-16H,1,5-6,8H2,2H3;3-4,7,14-15H,1,5-6H2,2H3,(H,13,16);2-4,7,13,15-16H,1,5-6,8H2;2-4,7,13-14H,1,5-6H2,(H,12,15). The van der Waals surface area contributed by atoms with Crippen LogP contribution in [0.5, 0.6) is 46.0 Å². The van der Waals surface area contributed by atoms with Crippen molar-refractivity contribution in [2.75, 3.05) is 39.3 Å². The van der Waals surface area contributed by atoms with Crippen LogP contribution < -0.4 is 21.3 Å². The number of Topliss-reactive ketones (excluding diaryl/α,β-unsaturated/α-hetero) is 1. The lowest BCUT2D eigenvalue weighted by Crippen LogP contribution is -2.25. The Morgan fingerprint density at radius 1 is 0.469 bits per heavy atom. The van der Waals surface area contributed by atoms with E-state index in [0.717, 1.165) is 22.3 Å². The zero-order valence-electron chi connectivity index (χ0n) is 36.2. The van der Waals surface area contributed by atoms with E-state index in [9.17, 15) is 39.6 Å². The number of carbonyl (C=O) groups excluding carboxylic acids is 4. The maximum absolute atomic E-state index is 11.2. The fourth-order valence-electron chi connectivity index (χ4n) is 4.87. The topological polar surface area (TPSA) is 278 Å². The van der Waals surface area contributed by atoms with Gasteiger partial charge in [0.1, 0.15) is 0 Å². The van der Waals surface area contributed by atoms with Crippen molar-refractivity contribution >= 4 is 23.4 Å². The SMILES string of the molecule is C=C(C)C(=O)CNCCc1ccc(O)c(O)c1.C=C(C)C(=O)NCCc1ccc(O)c(O)c1.C=CC(=O)CNCCc1ccc(O)c(O)c1.C=CC(=O)NCCc1ccc(O)c(O)c1. The van der Waals surface area contributed by atoms with E-state index in [2.05, 4.69) is 47.6 Å². The van der Waals surface area contributed by atoms with Crippen molar-refractivity contribution in [3.05, 3.63) is 145 Å². The quantitative estimate of drug-likeness (QED) is 0.0328. The molecule has 2 amide bonds. The zero-order chi connectivity index (χ0) is 48.2. The Labute approximate surface area is 373 Å². The first-order valence-corrected chi connectivity index (χ1v) is 19.9. The van der Waals surface area contributed by atoms with Gasteiger partial charge in [0.25, 0.3) is 0 Å². The number of hydrogen-bond donors (Lipinski definition) is 12. The van der Waals surface area contributed by atoms with Crippen LogP contribution in [0, 0.1) is 0 Å². The molecule has 0 radical (unpaired) electrons. The molecule has 64 heavy (non-hydrogen) atoms. The maximum atomic E-state index is 11.2. The molecule has 16 heteroatoms. The molecule has 0 fully saturated rings. The van der Waals surface area contributed by atoms with Gasteiger partial charge in [-0.05, 0) is 141 Å². The number of amides is 2. The van der Waals surface area contributed by atoms with Crippen LogP contribution in [0.1, 0.15) is 36.1 Å². The normalized spacial score (nSPS) is 9.91. The molecule has 16 nitrogen and oxygen atoms in total. The van der Waals surface area contributed by atoms with Crippen LogP contribution in [0.15, 0.2) is 122 Å². The van der Waals surface area contributed by atoms with Gasteiger partial charge in [-0.25, -0.2) is 0 Å². The van der Waals surface area contributed by atoms with Crippen molar-refractivity contribution in [2.45, 2.75) is 39.5 Å². The summed E-state index contributed by atoms with van der Waals surface area (Å²) in [5, 5.41) is 84.6. The molecule has 4 rings (SSSR count). The molecule has 4 aromatic rings. The Morgan fingerprint density at radius 3 is 1.12 bits per heavy atom. The predicted octanol–water partition coefficient (Wildman–Crippen LogP) is 4.64. The van der Waals surface area contributed by atoms with E-state index in [1.807, 2.05) is 0 Å². The van der Waals surface area contributed by atoms with Crippen LogP contribution in [0.4, 0.5) is 0 Å². The lowest BCUT2D eigenvalue weighted by atomic mass is 10.1. The van der Waals surface area contributed by atoms with Gasteiger partial charge in [-0.1, -0.05) is 50.6 Å². The lowest BCUT2D eigenvalue weighted by molar-refractivity contribution is -0.117. The summed E-state index contributed by atoms with van der Waals surface area (Å²) >= 11 is 0. The minimum atomic E-state index is -0.224. The zero-order valence-corrected chi connectivity index (χ0v) is 36.2. The molecule has 344 valence electrons. The van der Waals surface area contributed by atoms with Gasteiger partial charge in [-0.2, -0.15) is 0 Å². The number of rotatable bonds is 20. The number of phenolic OH excluding ortho intramolecular Hbond substituents is 8. The molecular weight excluding hydrogens is 825 g/mol. The number of ketones is 2. The molecule has 0 saturated heterocycles. The van der Waals surface area contributed by atoms with Crippen LogP contribution >= 0.6 is 0 Å². The van der Waals surface area contributed by atoms with Gasteiger partial charge in [0.15, 0.2) is 57.6 Å². The first-order chi connectivity index (χ1) is 30.3. The molecule has 0 aliphatic rings. The van der Waals surface area contributed by atoms with Crippen molar-refractivity contribution in [1.82, 2.24) is 21.3 Å². The van der Waals surface area contributed by atoms with Gasteiger partial charge >= 0.3 is 0 Å². The predicted molar refractivity (Wildman–Crippen MR) is 246 cm³/mol. The summed E-state index contributed by atoms with van der Waals surface area (Å²) in [4.78, 5) is 44.0. The molecular formula is C48H60N4O12. The summed E-state index contributed by atoms with van der Waals surface area (Å²) in [5.41, 5.74) is 4.49. The highest BCUT2D eigenvalue weighted by molar-refractivity contribution is 5.95. The van der Waals surface area contributed by atoms with Gasteiger partial charge in [-0.3, -0.25) is 19.2 Å². The van der Waals surface area contributed by atoms with Crippen molar-refractivity contribution < 1.29 is 60.0 Å². The average Bonchev–Trinajstić information content (AvgIpc) is 3.26. The molecule has 0 spiro atoms. The third-order valence-corrected chi connectivity index (χ3v) is 8.61. The first kappa shape index (κ1) is 54.5. The van der Waals surface area contributed by atoms with E-state index in [1.54, 1.807) is 38.1 Å². The molecule has 0 heterocycles. The largest absolute Gasteiger partial charge is 0.504 e. The molecule has 0 atom stereocenters. The molecule has 0 saturated carbocycles. The summed E-state index contributed by atoms with van der Waals surface area (Å²) in [6.45, 7) is 19.8. The summed E-state index contributed by atoms with van der Waals surface area (Å²) in [6, 6.07) is 18.5. The van der Waals surface area contributed by atoms with E-state index in [0.29, 0.717) is 63.0 Å². The summed E-state index contributed by atoms with van der Waals surface area (Å²) < 4.78 is 0. The van der Waals surface area contributed by atoms with E-state index in [-0.39, 0.29) is 82.5 Å². The summed E-state index contributed by atoms with van der Waals surface area (Å²) in [5.74, 6) is -1.54. The third-order valence-electron chi connectivity index (χ3n) is 8.61. The average molecular weight is 885 g/mol. The fraction of sp³-hybridized carbons (Fsp3) is 0.250. The van der Waals surface area contributed by atoms with E-state index in [1.165, 1.54) is 60.7 Å². The highest BCUT2D eigenvalue weighted by atomic mass is 16.3. The second-order valence-electron chi connectivity index (χ2n) is 14.1. The van der Waals surface area contributed by atoms with Crippen molar-refractivity contribution in [2.24, 2.45) is 0 Å². The fourth-order valence-corrected chi connectivity index (χ4v) is 4.87. The number of aromatic hydroxyl groups is 8. The number of carbonyl (C=O) groups is 4.